The molecule has 24 heavy (non-hydrogen) atoms. The monoisotopic (exact) mass is 368 g/mol. The van der Waals surface area contributed by atoms with Crippen molar-refractivity contribution in [3.8, 4) is 0 Å². The highest BCUT2D eigenvalue weighted by molar-refractivity contribution is 7.92. The lowest BCUT2D eigenvalue weighted by molar-refractivity contribution is -0.255. The van der Waals surface area contributed by atoms with E-state index in [1.807, 2.05) is 0 Å². The molecule has 126 valence electrons. The van der Waals surface area contributed by atoms with Gasteiger partial charge in [0.2, 0.25) is 0 Å². The van der Waals surface area contributed by atoms with Crippen LogP contribution in [0.3, 0.4) is 0 Å². The van der Waals surface area contributed by atoms with E-state index in [2.05, 4.69) is 4.72 Å². The first-order chi connectivity index (χ1) is 11.1. The fraction of sp³-hybridized carbons (Fsp3) is 0. The highest BCUT2D eigenvalue weighted by Gasteiger charge is 2.16. The lowest BCUT2D eigenvalue weighted by Gasteiger charge is -2.13. The minimum absolute atomic E-state index is 0.0263. The summed E-state index contributed by atoms with van der Waals surface area (Å²) in [6.07, 6.45) is 0. The van der Waals surface area contributed by atoms with E-state index in [0.29, 0.717) is 0 Å². The zero-order valence-electron chi connectivity index (χ0n) is 11.8. The van der Waals surface area contributed by atoms with E-state index in [4.69, 9.17) is 17.3 Å². The second kappa shape index (κ2) is 6.38. The van der Waals surface area contributed by atoms with Gasteiger partial charge in [0.1, 0.15) is 0 Å². The van der Waals surface area contributed by atoms with Gasteiger partial charge in [-0.1, -0.05) is 11.6 Å². The largest absolute Gasteiger partial charge is 0.545 e. The number of anilines is 2. The van der Waals surface area contributed by atoms with Gasteiger partial charge in [0.25, 0.3) is 10.0 Å². The molecule has 0 bridgehead atoms. The summed E-state index contributed by atoms with van der Waals surface area (Å²) < 4.78 is 26.6. The van der Waals surface area contributed by atoms with E-state index in [1.165, 1.54) is 12.1 Å². The van der Waals surface area contributed by atoms with E-state index < -0.39 is 33.1 Å². The predicted molar refractivity (Wildman–Crippen MR) is 81.8 cm³/mol. The van der Waals surface area contributed by atoms with Crippen LogP contribution in [0, 0.1) is 0 Å². The lowest BCUT2D eigenvalue weighted by atomic mass is 10.1. The number of carboxylic acids is 2. The van der Waals surface area contributed by atoms with Crippen molar-refractivity contribution in [2.45, 2.75) is 4.90 Å². The van der Waals surface area contributed by atoms with Crippen LogP contribution in [0.2, 0.25) is 5.02 Å². The Kier molecular flexibility index (Phi) is 4.67. The van der Waals surface area contributed by atoms with E-state index >= 15 is 0 Å². The standard InChI is InChI=1S/C14H11ClN2O6S/c15-11-2-1-10(6-12(11)16)24(22,23)17-9-4-7(13(18)19)3-8(5-9)14(20)21/h1-6,17H,16H2,(H,18,19)(H,20,21)/p-2. The molecule has 2 rings (SSSR count). The Balaban J connectivity index is 2.47. The van der Waals surface area contributed by atoms with Crippen molar-refractivity contribution in [2.75, 3.05) is 10.5 Å². The molecule has 0 amide bonds. The quantitative estimate of drug-likeness (QED) is 0.671. The molecule has 2 aromatic carbocycles. The lowest BCUT2D eigenvalue weighted by Crippen LogP contribution is -2.26. The van der Waals surface area contributed by atoms with Gasteiger partial charge in [0.15, 0.2) is 0 Å². The maximum atomic E-state index is 12.3. The van der Waals surface area contributed by atoms with Crippen LogP contribution in [0.25, 0.3) is 0 Å². The van der Waals surface area contributed by atoms with Crippen LogP contribution < -0.4 is 20.7 Å². The molecule has 0 spiro atoms. The molecular weight excluding hydrogens is 360 g/mol. The Morgan fingerprint density at radius 2 is 1.54 bits per heavy atom. The van der Waals surface area contributed by atoms with Crippen molar-refractivity contribution in [1.82, 2.24) is 0 Å². The van der Waals surface area contributed by atoms with Crippen LogP contribution >= 0.6 is 11.6 Å². The van der Waals surface area contributed by atoms with Gasteiger partial charge >= 0.3 is 0 Å². The molecule has 0 saturated heterocycles. The third kappa shape index (κ3) is 3.76. The molecule has 0 aliphatic rings. The molecular formula is C14H9ClN2O6S-2. The third-order valence-corrected chi connectivity index (χ3v) is 4.66. The number of hydrogen-bond acceptors (Lipinski definition) is 7. The normalized spacial score (nSPS) is 11.0. The van der Waals surface area contributed by atoms with Crippen molar-refractivity contribution in [3.63, 3.8) is 0 Å². The SMILES string of the molecule is Nc1cc(S(=O)(=O)Nc2cc(C(=O)[O-])cc(C(=O)[O-])c2)ccc1Cl. The minimum Gasteiger partial charge on any atom is -0.545 e. The number of carbonyl (C=O) groups is 2. The second-order valence-corrected chi connectivity index (χ2v) is 6.75. The van der Waals surface area contributed by atoms with Crippen molar-refractivity contribution in [2.24, 2.45) is 0 Å². The number of rotatable bonds is 5. The second-order valence-electron chi connectivity index (χ2n) is 4.66. The molecule has 0 fully saturated rings. The number of hydrogen-bond donors (Lipinski definition) is 2. The number of halogens is 1. The number of nitrogens with one attached hydrogen (secondary N) is 1. The van der Waals surface area contributed by atoms with Gasteiger partial charge in [0.05, 0.1) is 33.2 Å². The third-order valence-electron chi connectivity index (χ3n) is 2.93. The van der Waals surface area contributed by atoms with E-state index in [1.54, 1.807) is 0 Å². The summed E-state index contributed by atoms with van der Waals surface area (Å²) >= 11 is 5.72. The summed E-state index contributed by atoms with van der Waals surface area (Å²) in [7, 11) is -4.15. The summed E-state index contributed by atoms with van der Waals surface area (Å²) in [6, 6.07) is 6.19. The summed E-state index contributed by atoms with van der Waals surface area (Å²) in [5.41, 5.74) is 4.23. The molecule has 2 aromatic rings. The summed E-state index contributed by atoms with van der Waals surface area (Å²) in [4.78, 5) is 21.6. The molecule has 0 saturated carbocycles. The first-order valence-corrected chi connectivity index (χ1v) is 8.12. The molecule has 0 radical (unpaired) electrons. The highest BCUT2D eigenvalue weighted by Crippen LogP contribution is 2.24. The van der Waals surface area contributed by atoms with E-state index in [9.17, 15) is 28.2 Å². The van der Waals surface area contributed by atoms with Gasteiger partial charge < -0.3 is 25.5 Å². The van der Waals surface area contributed by atoms with Gasteiger partial charge in [-0.15, -0.1) is 0 Å². The number of nitrogens with two attached hydrogens (primary N) is 1. The fourth-order valence-corrected chi connectivity index (χ4v) is 3.02. The van der Waals surface area contributed by atoms with Gasteiger partial charge in [-0.2, -0.15) is 0 Å². The van der Waals surface area contributed by atoms with Crippen LogP contribution in [-0.4, -0.2) is 20.4 Å². The summed E-state index contributed by atoms with van der Waals surface area (Å²) in [5, 5.41) is 22.0. The van der Waals surface area contributed by atoms with Crippen LogP contribution in [0.5, 0.6) is 0 Å². The molecule has 0 unspecified atom stereocenters. The molecule has 10 heteroatoms. The Bertz CT molecular complexity index is 910. The van der Waals surface area contributed by atoms with Crippen LogP contribution in [0.15, 0.2) is 41.3 Å². The smallest absolute Gasteiger partial charge is 0.261 e. The maximum Gasteiger partial charge on any atom is 0.261 e. The first-order valence-electron chi connectivity index (χ1n) is 6.26. The molecule has 0 aliphatic heterocycles. The molecule has 0 heterocycles. The van der Waals surface area contributed by atoms with Crippen molar-refractivity contribution in [1.29, 1.82) is 0 Å². The number of sulfonamides is 1. The number of carboxylic acid groups (broad SMARTS) is 2. The van der Waals surface area contributed by atoms with Gasteiger partial charge in [-0.25, -0.2) is 8.42 Å². The van der Waals surface area contributed by atoms with Gasteiger partial charge in [-0.3, -0.25) is 4.72 Å². The Labute approximate surface area is 141 Å². The fourth-order valence-electron chi connectivity index (χ4n) is 1.83. The molecule has 3 N–H and O–H groups in total. The number of aromatic carboxylic acids is 2. The average molecular weight is 369 g/mol. The van der Waals surface area contributed by atoms with Gasteiger partial charge in [0, 0.05) is 0 Å². The van der Waals surface area contributed by atoms with Crippen LogP contribution in [-0.2, 0) is 10.0 Å². The van der Waals surface area contributed by atoms with Crippen molar-refractivity contribution < 1.29 is 28.2 Å². The molecule has 0 aromatic heterocycles. The zero-order chi connectivity index (χ0) is 18.1. The minimum atomic E-state index is -4.15. The highest BCUT2D eigenvalue weighted by atomic mass is 35.5. The Hall–Kier alpha value is -2.78. The Morgan fingerprint density at radius 1 is 1.00 bits per heavy atom. The topological polar surface area (TPSA) is 152 Å². The number of benzene rings is 2. The van der Waals surface area contributed by atoms with Crippen LogP contribution in [0.4, 0.5) is 11.4 Å². The summed E-state index contributed by atoms with van der Waals surface area (Å²) in [5.74, 6) is -3.34. The van der Waals surface area contributed by atoms with Crippen LogP contribution in [0.1, 0.15) is 20.7 Å². The number of nitrogen functional groups attached to an aromatic ring is 1. The van der Waals surface area contributed by atoms with Gasteiger partial charge in [-0.05, 0) is 47.5 Å². The maximum absolute atomic E-state index is 12.3. The van der Waals surface area contributed by atoms with E-state index in [0.717, 1.165) is 24.3 Å². The zero-order valence-corrected chi connectivity index (χ0v) is 13.3. The molecule has 0 aliphatic carbocycles. The van der Waals surface area contributed by atoms with E-state index in [-0.39, 0.29) is 21.3 Å². The first kappa shape index (κ1) is 17.6. The molecule has 8 nitrogen and oxygen atoms in total. The number of carbonyl (C=O) groups excluding carboxylic acids is 2. The van der Waals surface area contributed by atoms with Crippen molar-refractivity contribution >= 4 is 44.9 Å². The predicted octanol–water partition coefficient (Wildman–Crippen LogP) is -0.550. The van der Waals surface area contributed by atoms with Crippen molar-refractivity contribution in [3.05, 3.63) is 52.5 Å². The summed E-state index contributed by atoms with van der Waals surface area (Å²) in [6.45, 7) is 0. The molecule has 0 atom stereocenters. The average Bonchev–Trinajstić information content (AvgIpc) is 2.49. The Morgan fingerprint density at radius 3 is 2.00 bits per heavy atom.